The summed E-state index contributed by atoms with van der Waals surface area (Å²) in [5.41, 5.74) is 0. The molecule has 1 amide bonds. The molecule has 106 valence electrons. The molecule has 0 aromatic carbocycles. The molecule has 0 aliphatic heterocycles. The van der Waals surface area contributed by atoms with E-state index in [1.54, 1.807) is 0 Å². The van der Waals surface area contributed by atoms with Crippen molar-refractivity contribution in [1.82, 2.24) is 15.0 Å². The SMILES string of the molecule is CCCNC(=O)CCNS(=O)(=O)c1cncc(Br)c1. The Morgan fingerprint density at radius 2 is 2.11 bits per heavy atom. The summed E-state index contributed by atoms with van der Waals surface area (Å²) in [6, 6.07) is 1.45. The van der Waals surface area contributed by atoms with Crippen molar-refractivity contribution in [3.8, 4) is 0 Å². The van der Waals surface area contributed by atoms with E-state index in [0.29, 0.717) is 11.0 Å². The summed E-state index contributed by atoms with van der Waals surface area (Å²) in [7, 11) is -3.62. The van der Waals surface area contributed by atoms with Gasteiger partial charge in [-0.2, -0.15) is 0 Å². The Morgan fingerprint density at radius 3 is 2.74 bits per heavy atom. The molecule has 19 heavy (non-hydrogen) atoms. The molecule has 0 spiro atoms. The molecule has 0 saturated heterocycles. The second-order valence-electron chi connectivity index (χ2n) is 3.84. The Morgan fingerprint density at radius 1 is 1.37 bits per heavy atom. The van der Waals surface area contributed by atoms with E-state index in [-0.39, 0.29) is 23.8 Å². The fourth-order valence-corrected chi connectivity index (χ4v) is 2.81. The molecule has 0 radical (unpaired) electrons. The molecule has 2 N–H and O–H groups in total. The van der Waals surface area contributed by atoms with Gasteiger partial charge in [-0.05, 0) is 28.4 Å². The lowest BCUT2D eigenvalue weighted by molar-refractivity contribution is -0.120. The molecule has 1 aromatic rings. The van der Waals surface area contributed by atoms with Crippen LogP contribution in [0.15, 0.2) is 27.8 Å². The molecule has 0 aliphatic carbocycles. The first-order valence-corrected chi connectivity index (χ1v) is 8.10. The number of pyridine rings is 1. The highest BCUT2D eigenvalue weighted by atomic mass is 79.9. The number of carbonyl (C=O) groups excluding carboxylic acids is 1. The number of halogens is 1. The number of nitrogens with one attached hydrogen (secondary N) is 2. The zero-order valence-corrected chi connectivity index (χ0v) is 12.9. The minimum absolute atomic E-state index is 0.0599. The third-order valence-corrected chi connectivity index (χ3v) is 4.07. The van der Waals surface area contributed by atoms with Crippen LogP contribution >= 0.6 is 15.9 Å². The van der Waals surface area contributed by atoms with Crippen LogP contribution < -0.4 is 10.0 Å². The van der Waals surface area contributed by atoms with Crippen LogP contribution in [0.4, 0.5) is 0 Å². The highest BCUT2D eigenvalue weighted by Gasteiger charge is 2.14. The molecular formula is C11H16BrN3O3S. The van der Waals surface area contributed by atoms with Gasteiger partial charge in [0.2, 0.25) is 15.9 Å². The summed E-state index contributed by atoms with van der Waals surface area (Å²) in [6.45, 7) is 2.61. The summed E-state index contributed by atoms with van der Waals surface area (Å²) >= 11 is 3.16. The van der Waals surface area contributed by atoms with E-state index in [2.05, 4.69) is 31.0 Å². The Kier molecular flexibility index (Phi) is 6.40. The van der Waals surface area contributed by atoms with Crippen LogP contribution in [0.5, 0.6) is 0 Å². The Hall–Kier alpha value is -0.990. The second kappa shape index (κ2) is 7.56. The van der Waals surface area contributed by atoms with E-state index >= 15 is 0 Å². The maximum absolute atomic E-state index is 11.9. The van der Waals surface area contributed by atoms with Crippen LogP contribution in [0.25, 0.3) is 0 Å². The van der Waals surface area contributed by atoms with Crippen molar-refractivity contribution in [3.63, 3.8) is 0 Å². The summed E-state index contributed by atoms with van der Waals surface area (Å²) in [5, 5.41) is 2.67. The summed E-state index contributed by atoms with van der Waals surface area (Å²) in [5.74, 6) is -0.170. The predicted molar refractivity (Wildman–Crippen MR) is 75.0 cm³/mol. The molecule has 0 atom stereocenters. The number of carbonyl (C=O) groups is 1. The lowest BCUT2D eigenvalue weighted by atomic mass is 10.4. The Balaban J connectivity index is 2.50. The highest BCUT2D eigenvalue weighted by Crippen LogP contribution is 2.13. The summed E-state index contributed by atoms with van der Waals surface area (Å²) in [4.78, 5) is 15.2. The highest BCUT2D eigenvalue weighted by molar-refractivity contribution is 9.10. The number of hydrogen-bond acceptors (Lipinski definition) is 4. The summed E-state index contributed by atoms with van der Waals surface area (Å²) < 4.78 is 26.7. The molecule has 0 bridgehead atoms. The van der Waals surface area contributed by atoms with Crippen LogP contribution in [0.3, 0.4) is 0 Å². The number of rotatable bonds is 7. The minimum atomic E-state index is -3.62. The minimum Gasteiger partial charge on any atom is -0.356 e. The van der Waals surface area contributed by atoms with Gasteiger partial charge in [0.25, 0.3) is 0 Å². The van der Waals surface area contributed by atoms with Gasteiger partial charge in [-0.15, -0.1) is 0 Å². The van der Waals surface area contributed by atoms with Gasteiger partial charge < -0.3 is 5.32 Å². The van der Waals surface area contributed by atoms with Gasteiger partial charge in [-0.25, -0.2) is 13.1 Å². The van der Waals surface area contributed by atoms with Gasteiger partial charge >= 0.3 is 0 Å². The zero-order chi connectivity index (χ0) is 14.3. The molecule has 1 rings (SSSR count). The van der Waals surface area contributed by atoms with E-state index in [1.807, 2.05) is 6.92 Å². The molecule has 8 heteroatoms. The van der Waals surface area contributed by atoms with E-state index in [9.17, 15) is 13.2 Å². The van der Waals surface area contributed by atoms with Gasteiger partial charge in [0.15, 0.2) is 0 Å². The van der Waals surface area contributed by atoms with Gasteiger partial charge in [0.1, 0.15) is 4.90 Å². The smallest absolute Gasteiger partial charge is 0.242 e. The third kappa shape index (κ3) is 5.66. The maximum atomic E-state index is 11.9. The molecule has 1 aromatic heterocycles. The fraction of sp³-hybridized carbons (Fsp3) is 0.455. The molecule has 0 fully saturated rings. The van der Waals surface area contributed by atoms with Crippen LogP contribution in [-0.4, -0.2) is 32.4 Å². The largest absolute Gasteiger partial charge is 0.356 e. The zero-order valence-electron chi connectivity index (χ0n) is 10.5. The maximum Gasteiger partial charge on any atom is 0.242 e. The Bertz CT molecular complexity index is 534. The number of aromatic nitrogens is 1. The number of sulfonamides is 1. The molecule has 1 heterocycles. The van der Waals surface area contributed by atoms with Gasteiger partial charge in [0.05, 0.1) is 0 Å². The van der Waals surface area contributed by atoms with Crippen LogP contribution in [0, 0.1) is 0 Å². The first-order chi connectivity index (χ1) is 8.95. The normalized spacial score (nSPS) is 11.3. The quantitative estimate of drug-likeness (QED) is 0.769. The van der Waals surface area contributed by atoms with Crippen molar-refractivity contribution >= 4 is 31.9 Å². The van der Waals surface area contributed by atoms with E-state index in [1.165, 1.54) is 18.5 Å². The topological polar surface area (TPSA) is 88.2 Å². The van der Waals surface area contributed by atoms with Crippen molar-refractivity contribution in [2.45, 2.75) is 24.7 Å². The molecule has 0 unspecified atom stereocenters. The van der Waals surface area contributed by atoms with E-state index in [4.69, 9.17) is 0 Å². The van der Waals surface area contributed by atoms with Gasteiger partial charge in [-0.1, -0.05) is 6.92 Å². The lowest BCUT2D eigenvalue weighted by Gasteiger charge is -2.07. The number of hydrogen-bond donors (Lipinski definition) is 2. The van der Waals surface area contributed by atoms with Crippen LogP contribution in [0.2, 0.25) is 0 Å². The van der Waals surface area contributed by atoms with Crippen molar-refractivity contribution in [2.75, 3.05) is 13.1 Å². The molecule has 0 aliphatic rings. The van der Waals surface area contributed by atoms with Gasteiger partial charge in [0, 0.05) is 36.4 Å². The second-order valence-corrected chi connectivity index (χ2v) is 6.52. The first-order valence-electron chi connectivity index (χ1n) is 5.82. The van der Waals surface area contributed by atoms with Crippen LogP contribution in [-0.2, 0) is 14.8 Å². The third-order valence-electron chi connectivity index (χ3n) is 2.21. The average Bonchev–Trinajstić information content (AvgIpc) is 2.36. The standard InChI is InChI=1S/C11H16BrN3O3S/c1-2-4-14-11(16)3-5-15-19(17,18)10-6-9(12)7-13-8-10/h6-8,15H,2-5H2,1H3,(H,14,16). The number of amides is 1. The molecule has 0 saturated carbocycles. The van der Waals surface area contributed by atoms with E-state index < -0.39 is 10.0 Å². The predicted octanol–water partition coefficient (Wildman–Crippen LogP) is 1.04. The van der Waals surface area contributed by atoms with Crippen LogP contribution in [0.1, 0.15) is 19.8 Å². The summed E-state index contributed by atoms with van der Waals surface area (Å²) in [6.07, 6.45) is 3.71. The first kappa shape index (κ1) is 16.1. The molecular weight excluding hydrogens is 334 g/mol. The van der Waals surface area contributed by atoms with Crippen molar-refractivity contribution in [2.24, 2.45) is 0 Å². The van der Waals surface area contributed by atoms with Gasteiger partial charge in [-0.3, -0.25) is 9.78 Å². The van der Waals surface area contributed by atoms with Crippen molar-refractivity contribution in [3.05, 3.63) is 22.9 Å². The molecule has 6 nitrogen and oxygen atoms in total. The van der Waals surface area contributed by atoms with Crippen molar-refractivity contribution in [1.29, 1.82) is 0 Å². The fourth-order valence-electron chi connectivity index (χ4n) is 1.27. The van der Waals surface area contributed by atoms with Crippen molar-refractivity contribution < 1.29 is 13.2 Å². The lowest BCUT2D eigenvalue weighted by Crippen LogP contribution is -2.31. The monoisotopic (exact) mass is 349 g/mol. The Labute approximate surface area is 121 Å². The average molecular weight is 350 g/mol. The number of nitrogens with zero attached hydrogens (tertiary/aromatic N) is 1. The van der Waals surface area contributed by atoms with E-state index in [0.717, 1.165) is 6.42 Å².